The second-order valence-corrected chi connectivity index (χ2v) is 3.43. The van der Waals surface area contributed by atoms with Crippen molar-refractivity contribution >= 4 is 11.6 Å². The summed E-state index contributed by atoms with van der Waals surface area (Å²) in [6.07, 6.45) is 0. The molecule has 0 spiro atoms. The minimum absolute atomic E-state index is 0.0599. The lowest BCUT2D eigenvalue weighted by Gasteiger charge is -2.00. The highest BCUT2D eigenvalue weighted by Crippen LogP contribution is 2.29. The Labute approximate surface area is 99.0 Å². The fourth-order valence-corrected chi connectivity index (χ4v) is 1.39. The van der Waals surface area contributed by atoms with Crippen LogP contribution in [0.2, 0.25) is 0 Å². The number of hydrogen-bond donors (Lipinski definition) is 1. The van der Waals surface area contributed by atoms with E-state index in [0.29, 0.717) is 0 Å². The summed E-state index contributed by atoms with van der Waals surface area (Å²) in [5.41, 5.74) is 3.87. The maximum absolute atomic E-state index is 13.8. The summed E-state index contributed by atoms with van der Waals surface area (Å²) >= 11 is 0. The molecule has 0 radical (unpaired) electrons. The Balaban J connectivity index is 2.70. The molecule has 18 heavy (non-hydrogen) atoms. The van der Waals surface area contributed by atoms with E-state index >= 15 is 0 Å². The number of benzene rings is 1. The van der Waals surface area contributed by atoms with Crippen LogP contribution in [0.5, 0.6) is 0 Å². The Morgan fingerprint density at radius 2 is 2.11 bits per heavy atom. The van der Waals surface area contributed by atoms with E-state index in [0.717, 1.165) is 16.8 Å². The first-order chi connectivity index (χ1) is 8.41. The van der Waals surface area contributed by atoms with Crippen molar-refractivity contribution in [3.63, 3.8) is 0 Å². The molecule has 1 aromatic carbocycles. The van der Waals surface area contributed by atoms with Crippen LogP contribution in [0.25, 0.3) is 11.4 Å². The van der Waals surface area contributed by atoms with Gasteiger partial charge in [0.2, 0.25) is 11.8 Å². The fraction of sp³-hybridized carbons (Fsp3) is 0.111. The topological polar surface area (TPSA) is 99.9 Å². The smallest absolute Gasteiger partial charge is 0.305 e. The number of hydrogen-bond acceptors (Lipinski definition) is 5. The number of nitro groups is 1. The molecule has 0 bridgehead atoms. The van der Waals surface area contributed by atoms with E-state index in [9.17, 15) is 18.9 Å². The van der Waals surface area contributed by atoms with Crippen LogP contribution in [0.15, 0.2) is 12.1 Å². The van der Waals surface area contributed by atoms with Crippen LogP contribution in [-0.2, 0) is 7.05 Å². The first kappa shape index (κ1) is 11.9. The predicted molar refractivity (Wildman–Crippen MR) is 57.4 cm³/mol. The maximum atomic E-state index is 13.8. The lowest BCUT2D eigenvalue weighted by Crippen LogP contribution is -1.99. The molecule has 0 aliphatic rings. The molecule has 0 saturated carbocycles. The van der Waals surface area contributed by atoms with Gasteiger partial charge in [-0.3, -0.25) is 10.1 Å². The van der Waals surface area contributed by atoms with Crippen molar-refractivity contribution < 1.29 is 13.7 Å². The number of halogens is 2. The van der Waals surface area contributed by atoms with Crippen LogP contribution in [-0.4, -0.2) is 19.7 Å². The van der Waals surface area contributed by atoms with Crippen LogP contribution in [0.1, 0.15) is 0 Å². The molecule has 1 aromatic heterocycles. The second kappa shape index (κ2) is 4.02. The van der Waals surface area contributed by atoms with Gasteiger partial charge in [0.05, 0.1) is 10.5 Å². The number of aryl methyl sites for hydroxylation is 1. The molecule has 9 heteroatoms. The summed E-state index contributed by atoms with van der Waals surface area (Å²) in [6, 6.07) is 1.52. The normalized spacial score (nSPS) is 10.6. The average Bonchev–Trinajstić information content (AvgIpc) is 2.58. The number of nitrogens with zero attached hydrogens (tertiary/aromatic N) is 4. The van der Waals surface area contributed by atoms with Gasteiger partial charge >= 0.3 is 5.69 Å². The third-order valence-corrected chi connectivity index (χ3v) is 2.29. The molecule has 0 saturated heterocycles. The summed E-state index contributed by atoms with van der Waals surface area (Å²) in [6.45, 7) is 0. The highest BCUT2D eigenvalue weighted by Gasteiger charge is 2.25. The zero-order chi connectivity index (χ0) is 13.4. The molecular formula is C9H7F2N5O2. The van der Waals surface area contributed by atoms with Crippen molar-refractivity contribution in [1.82, 2.24) is 14.8 Å². The van der Waals surface area contributed by atoms with Crippen LogP contribution in [0.3, 0.4) is 0 Å². The zero-order valence-corrected chi connectivity index (χ0v) is 9.09. The van der Waals surface area contributed by atoms with Crippen molar-refractivity contribution in [2.45, 2.75) is 0 Å². The highest BCUT2D eigenvalue weighted by molar-refractivity contribution is 5.62. The Bertz CT molecular complexity index is 621. The van der Waals surface area contributed by atoms with Gasteiger partial charge in [-0.25, -0.2) is 9.07 Å². The van der Waals surface area contributed by atoms with Gasteiger partial charge in [-0.05, 0) is 6.07 Å². The van der Waals surface area contributed by atoms with Crippen LogP contribution >= 0.6 is 0 Å². The van der Waals surface area contributed by atoms with Gasteiger partial charge in [0, 0.05) is 13.1 Å². The van der Waals surface area contributed by atoms with Gasteiger partial charge in [0.1, 0.15) is 5.82 Å². The first-order valence-electron chi connectivity index (χ1n) is 4.71. The molecule has 0 atom stereocenters. The largest absolute Gasteiger partial charge is 0.368 e. The van der Waals surface area contributed by atoms with Gasteiger partial charge in [-0.15, -0.1) is 5.10 Å². The molecule has 94 valence electrons. The Kier molecular flexibility index (Phi) is 2.66. The quantitative estimate of drug-likeness (QED) is 0.643. The zero-order valence-electron chi connectivity index (χ0n) is 9.09. The average molecular weight is 255 g/mol. The molecule has 7 nitrogen and oxygen atoms in total. The number of aromatic nitrogens is 3. The summed E-state index contributed by atoms with van der Waals surface area (Å²) in [5, 5.41) is 14.2. The van der Waals surface area contributed by atoms with Crippen molar-refractivity contribution in [1.29, 1.82) is 0 Å². The molecule has 0 amide bonds. The number of rotatable bonds is 2. The molecule has 2 rings (SSSR count). The Morgan fingerprint density at radius 3 is 2.61 bits per heavy atom. The van der Waals surface area contributed by atoms with Crippen LogP contribution in [0, 0.1) is 21.7 Å². The highest BCUT2D eigenvalue weighted by atomic mass is 19.1. The van der Waals surface area contributed by atoms with Gasteiger partial charge in [-0.1, -0.05) is 0 Å². The number of nitrogen functional groups attached to an aromatic ring is 1. The number of nitro benzene ring substituents is 1. The van der Waals surface area contributed by atoms with E-state index in [1.165, 1.54) is 7.05 Å². The van der Waals surface area contributed by atoms with E-state index in [1.807, 2.05) is 0 Å². The van der Waals surface area contributed by atoms with Crippen molar-refractivity contribution in [2.24, 2.45) is 7.05 Å². The molecule has 0 unspecified atom stereocenters. The Morgan fingerprint density at radius 1 is 1.44 bits per heavy atom. The maximum Gasteiger partial charge on any atom is 0.305 e. The van der Waals surface area contributed by atoms with Crippen molar-refractivity contribution in [3.05, 3.63) is 33.9 Å². The molecule has 2 N–H and O–H groups in total. The lowest BCUT2D eigenvalue weighted by atomic mass is 10.1. The molecule has 0 aliphatic carbocycles. The van der Waals surface area contributed by atoms with E-state index in [1.54, 1.807) is 0 Å². The monoisotopic (exact) mass is 255 g/mol. The van der Waals surface area contributed by atoms with E-state index < -0.39 is 27.8 Å². The molecule has 1 heterocycles. The number of nitrogens with two attached hydrogens (primary N) is 1. The summed E-state index contributed by atoms with van der Waals surface area (Å²) < 4.78 is 28.4. The van der Waals surface area contributed by atoms with Gasteiger partial charge in [0.25, 0.3) is 0 Å². The van der Waals surface area contributed by atoms with Gasteiger partial charge in [0.15, 0.2) is 5.82 Å². The third-order valence-electron chi connectivity index (χ3n) is 2.29. The molecule has 2 aromatic rings. The third kappa shape index (κ3) is 1.75. The van der Waals surface area contributed by atoms with E-state index in [-0.39, 0.29) is 11.8 Å². The Hall–Kier alpha value is -2.58. The van der Waals surface area contributed by atoms with Crippen molar-refractivity contribution in [2.75, 3.05) is 5.73 Å². The van der Waals surface area contributed by atoms with Crippen LogP contribution < -0.4 is 5.73 Å². The van der Waals surface area contributed by atoms with E-state index in [4.69, 9.17) is 5.73 Å². The standard InChI is InChI=1S/C9H7F2N5O2/c1-15-9(12)13-8(14-15)6-4(10)2-3-5(7(6)11)16(17)18/h2-3H,1H3,(H2,12,13,14). The number of anilines is 1. The molecular weight excluding hydrogens is 248 g/mol. The van der Waals surface area contributed by atoms with Gasteiger partial charge in [-0.2, -0.15) is 9.37 Å². The summed E-state index contributed by atoms with van der Waals surface area (Å²) in [7, 11) is 1.43. The lowest BCUT2D eigenvalue weighted by molar-refractivity contribution is -0.387. The minimum atomic E-state index is -1.33. The SMILES string of the molecule is Cn1nc(-c2c(F)ccc([N+](=O)[O-])c2F)nc1N. The fourth-order valence-electron chi connectivity index (χ4n) is 1.39. The minimum Gasteiger partial charge on any atom is -0.368 e. The summed E-state index contributed by atoms with van der Waals surface area (Å²) in [5.74, 6) is -2.72. The summed E-state index contributed by atoms with van der Waals surface area (Å²) in [4.78, 5) is 13.2. The van der Waals surface area contributed by atoms with E-state index in [2.05, 4.69) is 10.1 Å². The second-order valence-electron chi connectivity index (χ2n) is 3.43. The van der Waals surface area contributed by atoms with Crippen molar-refractivity contribution in [3.8, 4) is 11.4 Å². The molecule has 0 fully saturated rings. The van der Waals surface area contributed by atoms with Gasteiger partial charge < -0.3 is 5.73 Å². The molecule has 0 aliphatic heterocycles. The van der Waals surface area contributed by atoms with Crippen LogP contribution in [0.4, 0.5) is 20.4 Å². The predicted octanol–water partition coefficient (Wildman–Crippen LogP) is 1.25. The first-order valence-corrected chi connectivity index (χ1v) is 4.71.